The molecule has 0 aliphatic heterocycles. The minimum atomic E-state index is -3.93. The smallest absolute Gasteiger partial charge is 0.338 e. The first-order valence-electron chi connectivity index (χ1n) is 10.7. The molecule has 3 rings (SSSR count). The van der Waals surface area contributed by atoms with Crippen LogP contribution in [0, 0.1) is 13.8 Å². The number of thiazole rings is 1. The predicted octanol–water partition coefficient (Wildman–Crippen LogP) is 5.73. The fourth-order valence-electron chi connectivity index (χ4n) is 3.50. The van der Waals surface area contributed by atoms with Gasteiger partial charge in [-0.2, -0.15) is 0 Å². The van der Waals surface area contributed by atoms with Crippen LogP contribution in [0.3, 0.4) is 0 Å². The van der Waals surface area contributed by atoms with Crippen LogP contribution in [-0.2, 0) is 20.2 Å². The molecule has 0 fully saturated rings. The lowest BCUT2D eigenvalue weighted by atomic mass is 9.87. The average Bonchev–Trinajstić information content (AvgIpc) is 3.24. The molecular formula is C25H30N2O4S2. The van der Waals surface area contributed by atoms with Crippen LogP contribution in [0.1, 0.15) is 54.7 Å². The number of aromatic nitrogens is 1. The van der Waals surface area contributed by atoms with E-state index in [0.717, 1.165) is 10.6 Å². The normalized spacial score (nSPS) is 12.0. The van der Waals surface area contributed by atoms with Crippen LogP contribution in [0.4, 0.5) is 5.82 Å². The zero-order valence-electron chi connectivity index (χ0n) is 20.1. The molecule has 176 valence electrons. The number of esters is 1. The van der Waals surface area contributed by atoms with Crippen molar-refractivity contribution in [3.05, 3.63) is 64.0 Å². The van der Waals surface area contributed by atoms with Gasteiger partial charge in [-0.3, -0.25) is 0 Å². The standard InChI is InChI=1S/C25H30N2O4S2/c1-8-27(33(29,30)20-13-16(2)17(3)21(14-20)24(28)31-7)22-15-32-23(26-22)18-9-11-19(12-10-18)25(4,5)6/h9-15H,8H2,1-7H3. The van der Waals surface area contributed by atoms with Gasteiger partial charge in [0.05, 0.1) is 17.6 Å². The number of ether oxygens (including phenoxy) is 1. The monoisotopic (exact) mass is 486 g/mol. The molecule has 8 heteroatoms. The van der Waals surface area contributed by atoms with Crippen LogP contribution >= 0.6 is 11.3 Å². The summed E-state index contributed by atoms with van der Waals surface area (Å²) in [5.41, 5.74) is 3.84. The highest BCUT2D eigenvalue weighted by Crippen LogP contribution is 2.33. The number of aryl methyl sites for hydroxylation is 1. The van der Waals surface area contributed by atoms with Crippen molar-refractivity contribution in [1.82, 2.24) is 4.98 Å². The summed E-state index contributed by atoms with van der Waals surface area (Å²) in [5.74, 6) is -0.208. The first-order valence-corrected chi connectivity index (χ1v) is 13.0. The van der Waals surface area contributed by atoms with E-state index in [1.165, 1.54) is 34.4 Å². The van der Waals surface area contributed by atoms with Crippen LogP contribution < -0.4 is 4.31 Å². The highest BCUT2D eigenvalue weighted by molar-refractivity contribution is 7.92. The lowest BCUT2D eigenvalue weighted by Gasteiger charge is -2.21. The minimum absolute atomic E-state index is 0.0388. The molecule has 0 unspecified atom stereocenters. The second-order valence-electron chi connectivity index (χ2n) is 8.91. The quantitative estimate of drug-likeness (QED) is 0.416. The second-order valence-corrected chi connectivity index (χ2v) is 11.6. The molecule has 3 aromatic rings. The van der Waals surface area contributed by atoms with Gasteiger partial charge in [-0.1, -0.05) is 45.0 Å². The Bertz CT molecular complexity index is 1270. The summed E-state index contributed by atoms with van der Waals surface area (Å²) in [6.45, 7) is 12.0. The highest BCUT2D eigenvalue weighted by atomic mass is 32.2. The van der Waals surface area contributed by atoms with Crippen LogP contribution in [0.15, 0.2) is 46.7 Å². The third kappa shape index (κ3) is 4.96. The van der Waals surface area contributed by atoms with E-state index in [1.54, 1.807) is 32.2 Å². The summed E-state index contributed by atoms with van der Waals surface area (Å²) >= 11 is 1.40. The number of anilines is 1. The molecule has 0 radical (unpaired) electrons. The molecule has 0 N–H and O–H groups in total. The van der Waals surface area contributed by atoms with E-state index in [2.05, 4.69) is 37.9 Å². The van der Waals surface area contributed by atoms with Gasteiger partial charge in [0.1, 0.15) is 5.01 Å². The zero-order valence-corrected chi connectivity index (χ0v) is 21.7. The van der Waals surface area contributed by atoms with E-state index in [1.807, 2.05) is 12.1 Å². The lowest BCUT2D eigenvalue weighted by Crippen LogP contribution is -2.31. The number of carbonyl (C=O) groups excluding carboxylic acids is 1. The van der Waals surface area contributed by atoms with Crippen molar-refractivity contribution in [2.24, 2.45) is 0 Å². The molecule has 0 spiro atoms. The van der Waals surface area contributed by atoms with Crippen LogP contribution in [-0.4, -0.2) is 33.0 Å². The fourth-order valence-corrected chi connectivity index (χ4v) is 5.91. The number of hydrogen-bond donors (Lipinski definition) is 0. The summed E-state index contributed by atoms with van der Waals surface area (Å²) in [6.07, 6.45) is 0. The molecule has 0 bridgehead atoms. The van der Waals surface area contributed by atoms with Gasteiger partial charge in [-0.15, -0.1) is 11.3 Å². The van der Waals surface area contributed by atoms with Crippen LogP contribution in [0.25, 0.3) is 10.6 Å². The number of carbonyl (C=O) groups is 1. The van der Waals surface area contributed by atoms with Gasteiger partial charge < -0.3 is 4.74 Å². The summed E-state index contributed by atoms with van der Waals surface area (Å²) in [4.78, 5) is 16.8. The van der Waals surface area contributed by atoms with E-state index >= 15 is 0 Å². The molecule has 1 aromatic heterocycles. The van der Waals surface area contributed by atoms with Crippen LogP contribution in [0.2, 0.25) is 0 Å². The largest absolute Gasteiger partial charge is 0.465 e. The zero-order chi connectivity index (χ0) is 24.6. The van der Waals surface area contributed by atoms with E-state index < -0.39 is 16.0 Å². The third-order valence-electron chi connectivity index (χ3n) is 5.67. The molecule has 0 amide bonds. The first-order chi connectivity index (χ1) is 15.4. The molecule has 1 heterocycles. The molecule has 0 saturated heterocycles. The maximum Gasteiger partial charge on any atom is 0.338 e. The molecule has 0 aliphatic rings. The van der Waals surface area contributed by atoms with Crippen molar-refractivity contribution in [1.29, 1.82) is 0 Å². The second kappa shape index (κ2) is 9.27. The fraction of sp³-hybridized carbons (Fsp3) is 0.360. The Kier molecular flexibility index (Phi) is 7.00. The van der Waals surface area contributed by atoms with Gasteiger partial charge in [-0.25, -0.2) is 22.5 Å². The van der Waals surface area contributed by atoms with Crippen molar-refractivity contribution in [3.8, 4) is 10.6 Å². The summed E-state index contributed by atoms with van der Waals surface area (Å²) in [7, 11) is -2.65. The third-order valence-corrected chi connectivity index (χ3v) is 8.40. The number of methoxy groups -OCH3 is 1. The Morgan fingerprint density at radius 1 is 1.12 bits per heavy atom. The Morgan fingerprint density at radius 3 is 2.30 bits per heavy atom. The van der Waals surface area contributed by atoms with Crippen molar-refractivity contribution in [2.75, 3.05) is 18.0 Å². The van der Waals surface area contributed by atoms with E-state index in [0.29, 0.717) is 16.9 Å². The SMILES string of the molecule is CCN(c1csc(-c2ccc(C(C)(C)C)cc2)n1)S(=O)(=O)c1cc(C)c(C)c(C(=O)OC)c1. The van der Waals surface area contributed by atoms with Crippen molar-refractivity contribution >= 4 is 33.1 Å². The minimum Gasteiger partial charge on any atom is -0.465 e. The van der Waals surface area contributed by atoms with Gasteiger partial charge in [0.2, 0.25) is 0 Å². The number of benzene rings is 2. The highest BCUT2D eigenvalue weighted by Gasteiger charge is 2.28. The molecule has 2 aromatic carbocycles. The van der Waals surface area contributed by atoms with E-state index in [9.17, 15) is 13.2 Å². The number of rotatable bonds is 6. The molecule has 0 aliphatic carbocycles. The maximum atomic E-state index is 13.5. The van der Waals surface area contributed by atoms with Gasteiger partial charge >= 0.3 is 5.97 Å². The molecule has 0 atom stereocenters. The Labute approximate surface area is 200 Å². The number of nitrogens with zero attached hydrogens (tertiary/aromatic N) is 2. The van der Waals surface area contributed by atoms with E-state index in [-0.39, 0.29) is 22.4 Å². The first kappa shape index (κ1) is 24.9. The van der Waals surface area contributed by atoms with Crippen LogP contribution in [0.5, 0.6) is 0 Å². The predicted molar refractivity (Wildman–Crippen MR) is 134 cm³/mol. The summed E-state index contributed by atoms with van der Waals surface area (Å²) < 4.78 is 33.2. The Morgan fingerprint density at radius 2 is 1.76 bits per heavy atom. The van der Waals surface area contributed by atoms with Gasteiger partial charge in [0.15, 0.2) is 5.82 Å². The maximum absolute atomic E-state index is 13.5. The Hall–Kier alpha value is -2.71. The average molecular weight is 487 g/mol. The van der Waals surface area contributed by atoms with Crippen molar-refractivity contribution in [2.45, 2.75) is 51.9 Å². The summed E-state index contributed by atoms with van der Waals surface area (Å²) in [6, 6.07) is 11.1. The number of hydrogen-bond acceptors (Lipinski definition) is 6. The number of sulfonamides is 1. The molecule has 33 heavy (non-hydrogen) atoms. The topological polar surface area (TPSA) is 76.6 Å². The molecule has 0 saturated carbocycles. The van der Waals surface area contributed by atoms with Gasteiger partial charge in [-0.05, 0) is 55.0 Å². The lowest BCUT2D eigenvalue weighted by molar-refractivity contribution is 0.0599. The van der Waals surface area contributed by atoms with Crippen molar-refractivity contribution in [3.63, 3.8) is 0 Å². The molecular weight excluding hydrogens is 456 g/mol. The van der Waals surface area contributed by atoms with E-state index in [4.69, 9.17) is 4.74 Å². The summed E-state index contributed by atoms with van der Waals surface area (Å²) in [5, 5.41) is 2.49. The van der Waals surface area contributed by atoms with Gasteiger partial charge in [0, 0.05) is 17.5 Å². The Balaban J connectivity index is 1.99. The molecule has 6 nitrogen and oxygen atoms in total. The van der Waals surface area contributed by atoms with Gasteiger partial charge in [0.25, 0.3) is 10.0 Å². The van der Waals surface area contributed by atoms with Crippen molar-refractivity contribution < 1.29 is 17.9 Å².